The highest BCUT2D eigenvalue weighted by molar-refractivity contribution is 5.69. The van der Waals surface area contributed by atoms with Crippen LogP contribution in [0.3, 0.4) is 0 Å². The van der Waals surface area contributed by atoms with Crippen LogP contribution in [0.4, 0.5) is 4.79 Å². The van der Waals surface area contributed by atoms with E-state index in [9.17, 15) is 24.9 Å². The molecule has 1 aliphatic rings. The summed E-state index contributed by atoms with van der Waals surface area (Å²) in [5, 5.41) is 40.6. The number of ether oxygens (including phenoxy) is 2. The molecule has 6 atom stereocenters. The quantitative estimate of drug-likeness (QED) is 0.344. The van der Waals surface area contributed by atoms with Gasteiger partial charge in [-0.1, -0.05) is 20.8 Å². The number of carbonyl (C=O) groups is 2. The molecule has 160 valence electrons. The van der Waals surface area contributed by atoms with Gasteiger partial charge in [0, 0.05) is 6.54 Å². The second-order valence-electron chi connectivity index (χ2n) is 6.79. The van der Waals surface area contributed by atoms with Crippen molar-refractivity contribution in [2.75, 3.05) is 13.2 Å². The van der Waals surface area contributed by atoms with Crippen molar-refractivity contribution >= 4 is 12.1 Å². The van der Waals surface area contributed by atoms with Crippen LogP contribution >= 0.6 is 0 Å². The van der Waals surface area contributed by atoms with Gasteiger partial charge in [0.2, 0.25) is 0 Å². The number of amides is 1. The fourth-order valence-corrected chi connectivity index (χ4v) is 2.76. The van der Waals surface area contributed by atoms with Crippen molar-refractivity contribution in [3.05, 3.63) is 0 Å². The first-order valence-corrected chi connectivity index (χ1v) is 9.07. The molecule has 0 spiro atoms. The zero-order valence-electron chi connectivity index (χ0n) is 15.3. The topological polar surface area (TPSA) is 146 Å². The smallest absolute Gasteiger partial charge is 0.407 e. The number of alkyl carbamates (subject to hydrolysis) is 1. The van der Waals surface area contributed by atoms with Crippen molar-refractivity contribution in [3.8, 4) is 0 Å². The van der Waals surface area contributed by atoms with E-state index in [4.69, 9.17) is 14.6 Å². The second kappa shape index (κ2) is 12.9. The molecule has 1 rings (SSSR count). The summed E-state index contributed by atoms with van der Waals surface area (Å²) < 4.78 is 10.5. The minimum Gasteiger partial charge on any atom is -0.481 e. The van der Waals surface area contributed by atoms with Crippen LogP contribution in [-0.4, -0.2) is 76.2 Å². The van der Waals surface area contributed by atoms with E-state index in [1.54, 1.807) is 13.8 Å². The van der Waals surface area contributed by atoms with E-state index in [1.807, 2.05) is 0 Å². The molecule has 1 aliphatic heterocycles. The number of hydrogen-bond donors (Lipinski definition) is 5. The number of carboxylic acid groups (broad SMARTS) is 1. The Labute approximate surface area is 160 Å². The van der Waals surface area contributed by atoms with E-state index in [-0.39, 0.29) is 20.0 Å². The molecule has 5 unspecified atom stereocenters. The van der Waals surface area contributed by atoms with Crippen molar-refractivity contribution < 1.29 is 39.5 Å². The largest absolute Gasteiger partial charge is 0.481 e. The van der Waals surface area contributed by atoms with Gasteiger partial charge in [-0.25, -0.2) is 4.79 Å². The molecule has 9 heteroatoms. The summed E-state index contributed by atoms with van der Waals surface area (Å²) >= 11 is 0. The Balaban J connectivity index is 0.00000676. The third kappa shape index (κ3) is 8.87. The molecule has 5 N–H and O–H groups in total. The monoisotopic (exact) mass is 393 g/mol. The van der Waals surface area contributed by atoms with Crippen molar-refractivity contribution in [1.29, 1.82) is 0 Å². The Kier molecular flexibility index (Phi) is 12.2. The molecule has 1 fully saturated rings. The van der Waals surface area contributed by atoms with Crippen LogP contribution in [0.15, 0.2) is 0 Å². The molecule has 0 aromatic carbocycles. The normalized spacial score (nSPS) is 28.7. The Hall–Kier alpha value is -1.42. The third-order valence-electron chi connectivity index (χ3n) is 4.57. The molecule has 1 amide bonds. The summed E-state index contributed by atoms with van der Waals surface area (Å²) in [4.78, 5) is 22.2. The van der Waals surface area contributed by atoms with Crippen molar-refractivity contribution in [2.24, 2.45) is 5.92 Å². The molecule has 9 nitrogen and oxygen atoms in total. The summed E-state index contributed by atoms with van der Waals surface area (Å²) in [6.07, 6.45) is -2.53. The van der Waals surface area contributed by atoms with E-state index in [0.717, 1.165) is 0 Å². The number of aliphatic hydroxyl groups excluding tert-OH is 3. The maximum Gasteiger partial charge on any atom is 0.407 e. The third-order valence-corrected chi connectivity index (χ3v) is 4.57. The standard InChI is InChI=1S/C17H31NO8.CH4/c1-10(16(22)23)6-3-4-8-18-17(24)25-9-5-7-12-14(20)15(21)13(19)11(2)26-12;/h10-15,19-21H,3-9H2,1-2H3,(H,18,24)(H,22,23);1H4/t10?,11?,12-,13?,14?,15?;/m0./s1. The lowest BCUT2D eigenvalue weighted by Crippen LogP contribution is -2.56. The highest BCUT2D eigenvalue weighted by Gasteiger charge is 2.41. The van der Waals surface area contributed by atoms with Gasteiger partial charge in [-0.15, -0.1) is 0 Å². The van der Waals surface area contributed by atoms with Gasteiger partial charge < -0.3 is 35.2 Å². The molecule has 0 bridgehead atoms. The van der Waals surface area contributed by atoms with Crippen LogP contribution in [0.1, 0.15) is 53.4 Å². The number of carbonyl (C=O) groups excluding carboxylic acids is 1. The molecule has 0 aliphatic carbocycles. The Morgan fingerprint density at radius 2 is 1.78 bits per heavy atom. The highest BCUT2D eigenvalue weighted by atomic mass is 16.6. The molecular weight excluding hydrogens is 358 g/mol. The first kappa shape index (κ1) is 25.6. The van der Waals surface area contributed by atoms with Gasteiger partial charge in [0.1, 0.15) is 18.3 Å². The van der Waals surface area contributed by atoms with Crippen LogP contribution in [0.25, 0.3) is 0 Å². The molecule has 0 saturated carbocycles. The first-order chi connectivity index (χ1) is 12.2. The summed E-state index contributed by atoms with van der Waals surface area (Å²) in [6.45, 7) is 3.82. The van der Waals surface area contributed by atoms with Crippen molar-refractivity contribution in [3.63, 3.8) is 0 Å². The van der Waals surface area contributed by atoms with Gasteiger partial charge in [-0.05, 0) is 32.6 Å². The lowest BCUT2D eigenvalue weighted by Gasteiger charge is -2.39. The summed E-state index contributed by atoms with van der Waals surface area (Å²) in [6, 6.07) is 0. The fraction of sp³-hybridized carbons (Fsp3) is 0.889. The molecule has 0 radical (unpaired) electrons. The van der Waals surface area contributed by atoms with Crippen LogP contribution in [0, 0.1) is 5.92 Å². The van der Waals surface area contributed by atoms with Gasteiger partial charge >= 0.3 is 12.1 Å². The number of rotatable bonds is 10. The predicted molar refractivity (Wildman–Crippen MR) is 98.3 cm³/mol. The molecule has 1 saturated heterocycles. The number of hydrogen-bond acceptors (Lipinski definition) is 7. The fourth-order valence-electron chi connectivity index (χ4n) is 2.76. The highest BCUT2D eigenvalue weighted by Crippen LogP contribution is 2.23. The van der Waals surface area contributed by atoms with Crippen molar-refractivity contribution in [2.45, 2.75) is 83.9 Å². The lowest BCUT2D eigenvalue weighted by molar-refractivity contribution is -0.218. The van der Waals surface area contributed by atoms with Gasteiger partial charge in [0.25, 0.3) is 0 Å². The molecule has 1 heterocycles. The minimum absolute atomic E-state index is 0. The van der Waals surface area contributed by atoms with E-state index >= 15 is 0 Å². The average molecular weight is 393 g/mol. The van der Waals surface area contributed by atoms with Crippen LogP contribution in [-0.2, 0) is 14.3 Å². The van der Waals surface area contributed by atoms with Crippen LogP contribution < -0.4 is 5.32 Å². The number of nitrogens with one attached hydrogen (secondary N) is 1. The summed E-state index contributed by atoms with van der Waals surface area (Å²) in [7, 11) is 0. The Bertz CT molecular complexity index is 447. The molecular formula is C18H35NO8. The van der Waals surface area contributed by atoms with Gasteiger partial charge in [-0.2, -0.15) is 0 Å². The van der Waals surface area contributed by atoms with E-state index in [0.29, 0.717) is 38.6 Å². The molecule has 27 heavy (non-hydrogen) atoms. The van der Waals surface area contributed by atoms with Crippen LogP contribution in [0.2, 0.25) is 0 Å². The Morgan fingerprint density at radius 3 is 2.41 bits per heavy atom. The average Bonchev–Trinajstić information content (AvgIpc) is 2.60. The molecule has 0 aromatic rings. The summed E-state index contributed by atoms with van der Waals surface area (Å²) in [5.74, 6) is -1.21. The number of unbranched alkanes of at least 4 members (excludes halogenated alkanes) is 1. The first-order valence-electron chi connectivity index (χ1n) is 9.07. The van der Waals surface area contributed by atoms with E-state index in [1.165, 1.54) is 0 Å². The lowest BCUT2D eigenvalue weighted by atomic mass is 9.93. The molecule has 0 aromatic heterocycles. The number of aliphatic carboxylic acids is 1. The number of aliphatic hydroxyl groups is 3. The zero-order chi connectivity index (χ0) is 19.7. The predicted octanol–water partition coefficient (Wildman–Crippen LogP) is 0.890. The van der Waals surface area contributed by atoms with Gasteiger partial charge in [0.15, 0.2) is 0 Å². The van der Waals surface area contributed by atoms with E-state index < -0.39 is 42.6 Å². The minimum atomic E-state index is -1.25. The second-order valence-corrected chi connectivity index (χ2v) is 6.79. The zero-order valence-corrected chi connectivity index (χ0v) is 15.3. The number of carboxylic acids is 1. The van der Waals surface area contributed by atoms with Crippen molar-refractivity contribution in [1.82, 2.24) is 5.32 Å². The van der Waals surface area contributed by atoms with E-state index in [2.05, 4.69) is 5.32 Å². The SMILES string of the molecule is C.CC(CCCCNC(=O)OCCC[C@@H]1OC(C)C(O)C(O)C1O)C(=O)O. The Morgan fingerprint density at radius 1 is 1.11 bits per heavy atom. The summed E-state index contributed by atoms with van der Waals surface area (Å²) in [5.41, 5.74) is 0. The van der Waals surface area contributed by atoms with Crippen LogP contribution in [0.5, 0.6) is 0 Å². The van der Waals surface area contributed by atoms with Gasteiger partial charge in [0.05, 0.1) is 24.7 Å². The maximum absolute atomic E-state index is 11.5. The maximum atomic E-state index is 11.5. The van der Waals surface area contributed by atoms with Gasteiger partial charge in [-0.3, -0.25) is 4.79 Å².